The van der Waals surface area contributed by atoms with Crippen molar-refractivity contribution in [2.75, 3.05) is 5.75 Å². The highest BCUT2D eigenvalue weighted by Crippen LogP contribution is 2.27. The summed E-state index contributed by atoms with van der Waals surface area (Å²) in [5.41, 5.74) is 4.85. The number of carboxylic acids is 1. The first kappa shape index (κ1) is 15.9. The lowest BCUT2D eigenvalue weighted by molar-refractivity contribution is -0.394. The molecule has 20 heavy (non-hydrogen) atoms. The zero-order chi connectivity index (χ0) is 15.3. The molecule has 0 aromatic heterocycles. The smallest absolute Gasteiger partial charge is 0.321 e. The normalized spacial score (nSPS) is 11.8. The average molecular weight is 301 g/mol. The summed E-state index contributed by atoms with van der Waals surface area (Å²) < 4.78 is 0. The van der Waals surface area contributed by atoms with E-state index in [1.165, 1.54) is 12.1 Å². The molecule has 0 bridgehead atoms. The molecule has 0 heterocycles. The molecule has 0 unspecified atom stereocenters. The van der Waals surface area contributed by atoms with Gasteiger partial charge in [0, 0.05) is 23.1 Å². The number of thioether (sulfide) groups is 1. The molecule has 10 heteroatoms. The van der Waals surface area contributed by atoms with Crippen molar-refractivity contribution in [3.63, 3.8) is 0 Å². The predicted molar refractivity (Wildman–Crippen MR) is 71.5 cm³/mol. The van der Waals surface area contributed by atoms with E-state index in [4.69, 9.17) is 10.8 Å². The van der Waals surface area contributed by atoms with Crippen molar-refractivity contribution in [2.24, 2.45) is 5.73 Å². The molecule has 1 atom stereocenters. The quantitative estimate of drug-likeness (QED) is 0.562. The van der Waals surface area contributed by atoms with Crippen LogP contribution in [0.4, 0.5) is 11.4 Å². The molecule has 0 aliphatic rings. The lowest BCUT2D eigenvalue weighted by Crippen LogP contribution is -2.32. The minimum absolute atomic E-state index is 0.0868. The van der Waals surface area contributed by atoms with Crippen molar-refractivity contribution < 1.29 is 19.7 Å². The molecule has 9 nitrogen and oxygen atoms in total. The fourth-order valence-electron chi connectivity index (χ4n) is 1.32. The molecule has 0 aliphatic heterocycles. The summed E-state index contributed by atoms with van der Waals surface area (Å²) in [4.78, 5) is 30.5. The number of hydrogen-bond acceptors (Lipinski definition) is 7. The van der Waals surface area contributed by atoms with Gasteiger partial charge in [0.05, 0.1) is 15.9 Å². The molecule has 0 saturated carbocycles. The first-order chi connectivity index (χ1) is 9.32. The number of non-ortho nitro benzene ring substituents is 1. The van der Waals surface area contributed by atoms with Gasteiger partial charge in [-0.05, 0) is 6.07 Å². The van der Waals surface area contributed by atoms with E-state index in [0.29, 0.717) is 0 Å². The van der Waals surface area contributed by atoms with Gasteiger partial charge in [-0.15, -0.1) is 0 Å². The third-order valence-corrected chi connectivity index (χ3v) is 3.46. The maximum absolute atomic E-state index is 10.9. The summed E-state index contributed by atoms with van der Waals surface area (Å²) in [6.07, 6.45) is 0. The van der Waals surface area contributed by atoms with Crippen LogP contribution in [0.1, 0.15) is 5.56 Å². The van der Waals surface area contributed by atoms with Crippen LogP contribution in [0.5, 0.6) is 0 Å². The summed E-state index contributed by atoms with van der Waals surface area (Å²) in [6.45, 7) is 0. The van der Waals surface area contributed by atoms with E-state index in [0.717, 1.165) is 17.8 Å². The molecule has 0 spiro atoms. The van der Waals surface area contributed by atoms with Gasteiger partial charge in [-0.3, -0.25) is 25.0 Å². The fourth-order valence-corrected chi connectivity index (χ4v) is 2.30. The molecule has 0 radical (unpaired) electrons. The van der Waals surface area contributed by atoms with Gasteiger partial charge < -0.3 is 10.8 Å². The van der Waals surface area contributed by atoms with Crippen LogP contribution < -0.4 is 5.73 Å². The second kappa shape index (κ2) is 6.82. The molecule has 3 N–H and O–H groups in total. The van der Waals surface area contributed by atoms with Crippen LogP contribution in [0, 0.1) is 20.2 Å². The third kappa shape index (κ3) is 4.17. The van der Waals surface area contributed by atoms with E-state index in [2.05, 4.69) is 0 Å². The number of aliphatic carboxylic acids is 1. The van der Waals surface area contributed by atoms with E-state index in [-0.39, 0.29) is 28.4 Å². The fraction of sp³-hybridized carbons (Fsp3) is 0.300. The monoisotopic (exact) mass is 301 g/mol. The van der Waals surface area contributed by atoms with E-state index in [9.17, 15) is 25.0 Å². The van der Waals surface area contributed by atoms with Crippen molar-refractivity contribution in [3.05, 3.63) is 44.0 Å². The van der Waals surface area contributed by atoms with Crippen LogP contribution in [-0.2, 0) is 10.5 Å². The van der Waals surface area contributed by atoms with Crippen molar-refractivity contribution in [1.29, 1.82) is 0 Å². The minimum atomic E-state index is -1.16. The summed E-state index contributed by atoms with van der Waals surface area (Å²) in [5, 5.41) is 30.0. The average Bonchev–Trinajstić information content (AvgIpc) is 2.38. The number of hydrogen-bond donors (Lipinski definition) is 2. The van der Waals surface area contributed by atoms with E-state index < -0.39 is 21.9 Å². The highest BCUT2D eigenvalue weighted by atomic mass is 32.2. The number of nitrogens with two attached hydrogens (primary N) is 1. The third-order valence-electron chi connectivity index (χ3n) is 2.35. The lowest BCUT2D eigenvalue weighted by Gasteiger charge is -2.06. The Morgan fingerprint density at radius 3 is 2.50 bits per heavy atom. The Morgan fingerprint density at radius 1 is 1.35 bits per heavy atom. The lowest BCUT2D eigenvalue weighted by atomic mass is 10.2. The number of benzene rings is 1. The Hall–Kier alpha value is -2.20. The van der Waals surface area contributed by atoms with Crippen molar-refractivity contribution in [2.45, 2.75) is 11.8 Å². The van der Waals surface area contributed by atoms with Gasteiger partial charge in [-0.25, -0.2) is 0 Å². The van der Waals surface area contributed by atoms with Crippen LogP contribution in [0.2, 0.25) is 0 Å². The minimum Gasteiger partial charge on any atom is -0.480 e. The number of nitrogens with zero attached hydrogens (tertiary/aromatic N) is 2. The maximum Gasteiger partial charge on any atom is 0.321 e. The summed E-state index contributed by atoms with van der Waals surface area (Å²) >= 11 is 1.11. The summed E-state index contributed by atoms with van der Waals surface area (Å²) in [7, 11) is 0. The first-order valence-corrected chi connectivity index (χ1v) is 6.46. The zero-order valence-corrected chi connectivity index (χ0v) is 10.9. The van der Waals surface area contributed by atoms with Crippen LogP contribution in [0.15, 0.2) is 18.2 Å². The van der Waals surface area contributed by atoms with Crippen LogP contribution >= 0.6 is 11.8 Å². The standard InChI is InChI=1S/C10H11N3O6S/c11-8(10(14)15)5-20-4-6-1-2-7(12(16)17)3-9(6)13(18)19/h1-3,8H,4-5,11H2,(H,14,15)/t8-/m0/s1. The largest absolute Gasteiger partial charge is 0.480 e. The number of carboxylic acid groups (broad SMARTS) is 1. The van der Waals surface area contributed by atoms with Crippen molar-refractivity contribution in [3.8, 4) is 0 Å². The maximum atomic E-state index is 10.9. The summed E-state index contributed by atoms with van der Waals surface area (Å²) in [5.74, 6) is -0.922. The highest BCUT2D eigenvalue weighted by molar-refractivity contribution is 7.98. The molecular weight excluding hydrogens is 290 g/mol. The van der Waals surface area contributed by atoms with Gasteiger partial charge in [0.1, 0.15) is 6.04 Å². The number of nitro benzene ring substituents is 2. The Kier molecular flexibility index (Phi) is 5.41. The predicted octanol–water partition coefficient (Wildman–Crippen LogP) is 1.15. The molecular formula is C10H11N3O6S. The van der Waals surface area contributed by atoms with E-state index in [1.807, 2.05) is 0 Å². The molecule has 0 amide bonds. The first-order valence-electron chi connectivity index (χ1n) is 5.30. The van der Waals surface area contributed by atoms with E-state index >= 15 is 0 Å². The molecule has 108 valence electrons. The Labute approximate surface area is 117 Å². The zero-order valence-electron chi connectivity index (χ0n) is 10.1. The number of nitro groups is 2. The van der Waals surface area contributed by atoms with Gasteiger partial charge in [-0.1, -0.05) is 0 Å². The second-order valence-corrected chi connectivity index (χ2v) is 4.82. The Balaban J connectivity index is 2.82. The van der Waals surface area contributed by atoms with Crippen LogP contribution in [-0.4, -0.2) is 32.7 Å². The molecule has 0 saturated heterocycles. The van der Waals surface area contributed by atoms with Crippen LogP contribution in [0.3, 0.4) is 0 Å². The molecule has 0 aliphatic carbocycles. The van der Waals surface area contributed by atoms with E-state index in [1.54, 1.807) is 0 Å². The molecule has 1 aromatic rings. The molecule has 1 rings (SSSR count). The summed E-state index contributed by atoms with van der Waals surface area (Å²) in [6, 6.07) is 2.28. The highest BCUT2D eigenvalue weighted by Gasteiger charge is 2.20. The number of carbonyl (C=O) groups is 1. The Bertz CT molecular complexity index is 550. The number of rotatable bonds is 7. The van der Waals surface area contributed by atoms with Gasteiger partial charge in [-0.2, -0.15) is 11.8 Å². The van der Waals surface area contributed by atoms with Gasteiger partial charge in [0.15, 0.2) is 0 Å². The molecule has 0 fully saturated rings. The second-order valence-electron chi connectivity index (χ2n) is 3.79. The van der Waals surface area contributed by atoms with Crippen molar-refractivity contribution >= 4 is 29.1 Å². The molecule has 1 aromatic carbocycles. The Morgan fingerprint density at radius 2 is 2.00 bits per heavy atom. The van der Waals surface area contributed by atoms with Gasteiger partial charge >= 0.3 is 5.97 Å². The van der Waals surface area contributed by atoms with Crippen molar-refractivity contribution in [1.82, 2.24) is 0 Å². The van der Waals surface area contributed by atoms with Gasteiger partial charge in [0.25, 0.3) is 11.4 Å². The van der Waals surface area contributed by atoms with Crippen LogP contribution in [0.25, 0.3) is 0 Å². The van der Waals surface area contributed by atoms with Gasteiger partial charge in [0.2, 0.25) is 0 Å². The SMILES string of the molecule is N[C@@H](CSCc1ccc([N+](=O)[O-])cc1[N+](=O)[O-])C(=O)O. The topological polar surface area (TPSA) is 150 Å².